The predicted octanol–water partition coefficient (Wildman–Crippen LogP) is 7.89. The third-order valence-electron chi connectivity index (χ3n) is 13.9. The van der Waals surface area contributed by atoms with Gasteiger partial charge in [0.2, 0.25) is 5.91 Å². The maximum absolute atomic E-state index is 13.2. The Morgan fingerprint density at radius 1 is 0.542 bits per heavy atom. The van der Waals surface area contributed by atoms with Crippen molar-refractivity contribution in [3.63, 3.8) is 0 Å². The molecule has 0 aromatic heterocycles. The summed E-state index contributed by atoms with van der Waals surface area (Å²) in [6.45, 7) is 4.63. The molecule has 5 N–H and O–H groups in total. The van der Waals surface area contributed by atoms with Gasteiger partial charge in [-0.05, 0) is 111 Å². The molecule has 4 fully saturated rings. The van der Waals surface area contributed by atoms with Crippen molar-refractivity contribution < 1.29 is 104 Å². The van der Waals surface area contributed by atoms with Gasteiger partial charge in [-0.1, -0.05) is 7.43 Å². The van der Waals surface area contributed by atoms with Crippen LogP contribution in [0.4, 0.5) is 86.8 Å². The second kappa shape index (κ2) is 30.1. The zero-order valence-electron chi connectivity index (χ0n) is 43.6. The molecular formula is C53H63ClF12N8O9. The first kappa shape index (κ1) is 68.6. The van der Waals surface area contributed by atoms with Gasteiger partial charge in [0.1, 0.15) is 24.3 Å². The molecule has 4 aromatic carbocycles. The number of likely N-dealkylation sites (tertiary alicyclic amines) is 1. The number of halogens is 13. The summed E-state index contributed by atoms with van der Waals surface area (Å²) in [5.41, 5.74) is -4.00. The van der Waals surface area contributed by atoms with E-state index >= 15 is 0 Å². The second-order valence-electron chi connectivity index (χ2n) is 19.5. The molecule has 83 heavy (non-hydrogen) atoms. The van der Waals surface area contributed by atoms with Crippen molar-refractivity contribution in [3.05, 3.63) is 127 Å². The molecule has 460 valence electrons. The summed E-state index contributed by atoms with van der Waals surface area (Å²) in [5.74, 6) is -1.20. The number of carboxylic acids is 1. The van der Waals surface area contributed by atoms with E-state index in [1.54, 1.807) is 4.90 Å². The number of benzene rings is 4. The van der Waals surface area contributed by atoms with Crippen molar-refractivity contribution in [2.75, 3.05) is 86.0 Å². The summed E-state index contributed by atoms with van der Waals surface area (Å²) in [4.78, 5) is 48.2. The van der Waals surface area contributed by atoms with Crippen LogP contribution in [0.3, 0.4) is 0 Å². The lowest BCUT2D eigenvalue weighted by Crippen LogP contribution is -3.00. The molecule has 0 saturated carbocycles. The highest BCUT2D eigenvalue weighted by Gasteiger charge is 2.40. The number of nitro benzene ring substituents is 2. The van der Waals surface area contributed by atoms with Crippen LogP contribution >= 0.6 is 0 Å². The molecule has 0 radical (unpaired) electrons. The minimum atomic E-state index is -4.87. The lowest BCUT2D eigenvalue weighted by molar-refractivity contribution is -0.662. The zero-order chi connectivity index (χ0) is 59.3. The van der Waals surface area contributed by atoms with Gasteiger partial charge in [0, 0.05) is 99.1 Å². The Hall–Kier alpha value is -6.85. The smallest absolute Gasteiger partial charge is 0.423 e. The Kier molecular flexibility index (Phi) is 24.9. The molecule has 1 amide bonds. The molecule has 4 aliphatic rings. The van der Waals surface area contributed by atoms with E-state index in [1.807, 2.05) is 9.80 Å². The van der Waals surface area contributed by atoms with Crippen LogP contribution in [0.15, 0.2) is 84.9 Å². The molecule has 4 heterocycles. The minimum absolute atomic E-state index is 0. The van der Waals surface area contributed by atoms with Crippen molar-refractivity contribution >= 4 is 46.0 Å². The summed E-state index contributed by atoms with van der Waals surface area (Å²) >= 11 is 0. The second-order valence-corrected chi connectivity index (χ2v) is 19.5. The molecule has 4 aromatic rings. The van der Waals surface area contributed by atoms with Gasteiger partial charge >= 0.3 is 30.7 Å². The number of alkyl halides is 12. The standard InChI is InChI=1S/C26H28F6N4O4.C14H16F3NO3.C12H14F3N3O2.CH4.ClH/c27-25(28,29)17-1-4-20(5-2-17)34-13-9-21(10-14-34)40-16-24(37)35-11-7-18(8-12-35)33-19-3-6-23(36(38)39)22(15-19)26(30,31)32;15-14(16,17)10-1-3-11(4-2-10)18-7-5-12(6-8-18)21-9-13(19)20;13-12(14,15)10-7-9(1-2-11(10)18(19)20)17-8-3-5-16-6-4-8;;/h1-6,15,18,21,33H,7-14,16H2;1-4,12H,5-9H2,(H,19,20);1-2,7-8,16-17H,3-6H2;1H4;1H. The van der Waals surface area contributed by atoms with Crippen LogP contribution in [0.1, 0.15) is 81.0 Å². The van der Waals surface area contributed by atoms with E-state index in [-0.39, 0.29) is 74.6 Å². The van der Waals surface area contributed by atoms with E-state index in [1.165, 1.54) is 36.4 Å². The van der Waals surface area contributed by atoms with Crippen LogP contribution in [0.25, 0.3) is 0 Å². The third-order valence-corrected chi connectivity index (χ3v) is 13.9. The number of quaternary nitrogens is 1. The first-order chi connectivity index (χ1) is 38.0. The molecule has 4 saturated heterocycles. The van der Waals surface area contributed by atoms with Crippen molar-refractivity contribution in [1.82, 2.24) is 4.90 Å². The summed E-state index contributed by atoms with van der Waals surface area (Å²) < 4.78 is 165. The van der Waals surface area contributed by atoms with E-state index in [0.717, 1.165) is 80.1 Å². The van der Waals surface area contributed by atoms with Crippen LogP contribution in [0, 0.1) is 20.2 Å². The predicted molar refractivity (Wildman–Crippen MR) is 277 cm³/mol. The van der Waals surface area contributed by atoms with E-state index in [4.69, 9.17) is 14.6 Å². The van der Waals surface area contributed by atoms with Crippen LogP contribution in [0.2, 0.25) is 0 Å². The van der Waals surface area contributed by atoms with E-state index in [0.29, 0.717) is 83.5 Å². The number of carbonyl (C=O) groups excluding carboxylic acids is 1. The number of hydrogen-bond acceptors (Lipinski definition) is 12. The number of nitrogens with zero attached hydrogens (tertiary/aromatic N) is 5. The first-order valence-electron chi connectivity index (χ1n) is 25.7. The summed E-state index contributed by atoms with van der Waals surface area (Å²) in [6.07, 6.45) is -13.3. The number of nitro groups is 2. The topological polar surface area (TPSA) is 210 Å². The molecule has 4 aliphatic heterocycles. The normalized spacial score (nSPS) is 16.9. The molecule has 0 bridgehead atoms. The third kappa shape index (κ3) is 20.8. The molecule has 17 nitrogen and oxygen atoms in total. The maximum Gasteiger partial charge on any atom is 0.423 e. The average molecular weight is 1220 g/mol. The SMILES string of the molecule is C.O=C(COC1CCN(c2ccc(C(F)(F)F)cc2)CC1)N1CCC(Nc2ccc([N+](=O)[O-])c(C(F)(F)F)c2)CC1.O=C(O)COC1CCN(c2ccc(C(F)(F)F)cc2)CC1.O=[N+]([O-])c1ccc(NC2CC[NH2+]CC2)cc1C(F)(F)F.[Cl-]. The monoisotopic (exact) mass is 1220 g/mol. The van der Waals surface area contributed by atoms with Crippen LogP contribution < -0.4 is 38.2 Å². The van der Waals surface area contributed by atoms with Crippen LogP contribution in [0.5, 0.6) is 0 Å². The van der Waals surface area contributed by atoms with Crippen molar-refractivity contribution in [3.8, 4) is 0 Å². The molecule has 0 unspecified atom stereocenters. The zero-order valence-corrected chi connectivity index (χ0v) is 44.3. The van der Waals surface area contributed by atoms with E-state index in [9.17, 15) is 82.5 Å². The quantitative estimate of drug-likeness (QED) is 0.0539. The number of amides is 1. The number of carbonyl (C=O) groups is 2. The Bertz CT molecular complexity index is 2730. The van der Waals surface area contributed by atoms with Crippen LogP contribution in [-0.4, -0.2) is 122 Å². The van der Waals surface area contributed by atoms with Gasteiger partial charge in [0.05, 0.1) is 46.3 Å². The maximum atomic E-state index is 13.2. The molecule has 0 aliphatic carbocycles. The number of nitrogens with one attached hydrogen (secondary N) is 2. The lowest BCUT2D eigenvalue weighted by atomic mass is 10.0. The highest BCUT2D eigenvalue weighted by molar-refractivity contribution is 5.77. The van der Waals surface area contributed by atoms with Gasteiger partial charge in [0.15, 0.2) is 0 Å². The Morgan fingerprint density at radius 3 is 1.24 bits per heavy atom. The number of nitrogens with two attached hydrogens (primary N) is 1. The summed E-state index contributed by atoms with van der Waals surface area (Å²) in [7, 11) is 0. The number of aliphatic carboxylic acids is 1. The Labute approximate surface area is 475 Å². The number of anilines is 4. The van der Waals surface area contributed by atoms with Crippen LogP contribution in [-0.2, 0) is 43.8 Å². The van der Waals surface area contributed by atoms with E-state index in [2.05, 4.69) is 16.0 Å². The van der Waals surface area contributed by atoms with Gasteiger partial charge in [-0.2, -0.15) is 52.7 Å². The molecule has 8 rings (SSSR count). The Morgan fingerprint density at radius 2 is 0.904 bits per heavy atom. The van der Waals surface area contributed by atoms with Crippen molar-refractivity contribution in [2.45, 2.75) is 108 Å². The van der Waals surface area contributed by atoms with Gasteiger partial charge in [-0.3, -0.25) is 25.0 Å². The number of hydrogen-bond donors (Lipinski definition) is 4. The van der Waals surface area contributed by atoms with Gasteiger partial charge < -0.3 is 57.6 Å². The number of piperidine rings is 4. The highest BCUT2D eigenvalue weighted by atomic mass is 35.5. The summed E-state index contributed by atoms with van der Waals surface area (Å²) in [5, 5.41) is 38.3. The van der Waals surface area contributed by atoms with Gasteiger partial charge in [-0.15, -0.1) is 0 Å². The van der Waals surface area contributed by atoms with Gasteiger partial charge in [-0.25, -0.2) is 4.79 Å². The fourth-order valence-corrected chi connectivity index (χ4v) is 9.59. The molecule has 30 heteroatoms. The number of carboxylic acid groups (broad SMARTS) is 1. The Balaban J connectivity index is 0.000000290. The average Bonchev–Trinajstić information content (AvgIpc) is 3.53. The molecular weight excluding hydrogens is 1160 g/mol. The fraction of sp³-hybridized carbons (Fsp3) is 0.509. The lowest BCUT2D eigenvalue weighted by Gasteiger charge is -2.35. The summed E-state index contributed by atoms with van der Waals surface area (Å²) in [6, 6.07) is 15.8. The molecule has 0 atom stereocenters. The first-order valence-corrected chi connectivity index (χ1v) is 25.7. The molecule has 0 spiro atoms. The largest absolute Gasteiger partial charge is 1.00 e. The number of rotatable bonds is 14. The highest BCUT2D eigenvalue weighted by Crippen LogP contribution is 2.40. The van der Waals surface area contributed by atoms with Gasteiger partial charge in [0.25, 0.3) is 11.4 Å². The van der Waals surface area contributed by atoms with Crippen molar-refractivity contribution in [1.29, 1.82) is 0 Å². The van der Waals surface area contributed by atoms with Crippen molar-refractivity contribution in [2.24, 2.45) is 0 Å². The fourth-order valence-electron chi connectivity index (χ4n) is 9.59. The minimum Gasteiger partial charge on any atom is -1.00 e. The number of ether oxygens (including phenoxy) is 2. The van der Waals surface area contributed by atoms with E-state index < -0.39 is 74.1 Å².